The molecule has 8 heteroatoms. The maximum absolute atomic E-state index is 12.3. The molecule has 0 bridgehead atoms. The van der Waals surface area contributed by atoms with Crippen molar-refractivity contribution in [2.45, 2.75) is 13.3 Å². The van der Waals surface area contributed by atoms with Gasteiger partial charge in [-0.1, -0.05) is 23.7 Å². The van der Waals surface area contributed by atoms with Gasteiger partial charge in [-0.2, -0.15) is 16.9 Å². The Morgan fingerprint density at radius 2 is 2.12 bits per heavy atom. The Balaban J connectivity index is 2.18. The van der Waals surface area contributed by atoms with E-state index in [9.17, 15) is 4.79 Å². The predicted molar refractivity (Wildman–Crippen MR) is 97.0 cm³/mol. The number of hydrogen-bond donors (Lipinski definition) is 1. The Morgan fingerprint density at radius 1 is 1.33 bits per heavy atom. The lowest BCUT2D eigenvalue weighted by molar-refractivity contribution is 0.844. The van der Waals surface area contributed by atoms with Crippen molar-refractivity contribution >= 4 is 23.4 Å². The van der Waals surface area contributed by atoms with Crippen LogP contribution in [0.15, 0.2) is 35.3 Å². The molecule has 3 rings (SSSR count). The standard InChI is InChI=1S/C16H16ClN5OS/c1-10-18-9-11(16(23)19-10)15-20-14(7-8-24-2)21-22(15)13-6-4-3-5-12(13)17/h3-6,9H,7-8H2,1-2H3,(H,18,19,23). The lowest BCUT2D eigenvalue weighted by Crippen LogP contribution is -2.14. The van der Waals surface area contributed by atoms with E-state index in [0.717, 1.165) is 5.75 Å². The highest BCUT2D eigenvalue weighted by Gasteiger charge is 2.18. The van der Waals surface area contributed by atoms with Crippen LogP contribution in [0.25, 0.3) is 17.1 Å². The zero-order valence-electron chi connectivity index (χ0n) is 13.3. The minimum atomic E-state index is -0.250. The van der Waals surface area contributed by atoms with Crippen LogP contribution in [0, 0.1) is 6.92 Å². The fraction of sp³-hybridized carbons (Fsp3) is 0.250. The summed E-state index contributed by atoms with van der Waals surface area (Å²) in [6.45, 7) is 1.73. The van der Waals surface area contributed by atoms with Crippen LogP contribution in [0.2, 0.25) is 5.02 Å². The van der Waals surface area contributed by atoms with Crippen LogP contribution in [0.5, 0.6) is 0 Å². The van der Waals surface area contributed by atoms with Crippen LogP contribution >= 0.6 is 23.4 Å². The molecular weight excluding hydrogens is 346 g/mol. The van der Waals surface area contributed by atoms with Crippen molar-refractivity contribution in [3.63, 3.8) is 0 Å². The van der Waals surface area contributed by atoms with Gasteiger partial charge in [0.25, 0.3) is 5.56 Å². The summed E-state index contributed by atoms with van der Waals surface area (Å²) in [5, 5.41) is 5.08. The highest BCUT2D eigenvalue weighted by molar-refractivity contribution is 7.98. The molecule has 24 heavy (non-hydrogen) atoms. The Hall–Kier alpha value is -2.12. The normalized spacial score (nSPS) is 11.0. The van der Waals surface area contributed by atoms with Crippen molar-refractivity contribution in [3.05, 3.63) is 57.5 Å². The molecule has 6 nitrogen and oxygen atoms in total. The highest BCUT2D eigenvalue weighted by atomic mass is 35.5. The summed E-state index contributed by atoms with van der Waals surface area (Å²) < 4.78 is 1.61. The monoisotopic (exact) mass is 361 g/mol. The minimum Gasteiger partial charge on any atom is -0.310 e. The van der Waals surface area contributed by atoms with Crippen molar-refractivity contribution in [2.24, 2.45) is 0 Å². The first-order valence-corrected chi connectivity index (χ1v) is 9.13. The lowest BCUT2D eigenvalue weighted by Gasteiger charge is -2.07. The van der Waals surface area contributed by atoms with E-state index in [0.29, 0.717) is 40.2 Å². The Kier molecular flexibility index (Phi) is 5.01. The van der Waals surface area contributed by atoms with Crippen molar-refractivity contribution in [1.29, 1.82) is 0 Å². The number of aromatic nitrogens is 5. The van der Waals surface area contributed by atoms with Crippen LogP contribution < -0.4 is 5.56 Å². The molecule has 0 fully saturated rings. The van der Waals surface area contributed by atoms with E-state index < -0.39 is 0 Å². The van der Waals surface area contributed by atoms with Gasteiger partial charge in [-0.15, -0.1) is 0 Å². The molecule has 1 N–H and O–H groups in total. The molecule has 0 amide bonds. The molecule has 2 heterocycles. The molecule has 0 aliphatic carbocycles. The molecule has 1 aromatic carbocycles. The molecular formula is C16H16ClN5OS. The van der Waals surface area contributed by atoms with Gasteiger partial charge in [0, 0.05) is 18.4 Å². The van der Waals surface area contributed by atoms with Gasteiger partial charge in [-0.05, 0) is 25.3 Å². The summed E-state index contributed by atoms with van der Waals surface area (Å²) >= 11 is 8.02. The topological polar surface area (TPSA) is 76.5 Å². The average Bonchev–Trinajstić information content (AvgIpc) is 2.97. The second kappa shape index (κ2) is 7.19. The second-order valence-electron chi connectivity index (χ2n) is 5.17. The molecule has 2 aromatic heterocycles. The molecule has 0 radical (unpaired) electrons. The summed E-state index contributed by atoms with van der Waals surface area (Å²) in [7, 11) is 0. The van der Waals surface area contributed by atoms with E-state index in [1.54, 1.807) is 29.4 Å². The van der Waals surface area contributed by atoms with E-state index in [1.165, 1.54) is 6.20 Å². The summed E-state index contributed by atoms with van der Waals surface area (Å²) in [5.41, 5.74) is 0.792. The quantitative estimate of drug-likeness (QED) is 0.756. The Labute approximate surface area is 148 Å². The number of halogens is 1. The second-order valence-corrected chi connectivity index (χ2v) is 6.56. The highest BCUT2D eigenvalue weighted by Crippen LogP contribution is 2.24. The molecule has 0 unspecified atom stereocenters. The molecule has 0 aliphatic rings. The lowest BCUT2D eigenvalue weighted by atomic mass is 10.2. The fourth-order valence-electron chi connectivity index (χ4n) is 2.26. The Morgan fingerprint density at radius 3 is 2.83 bits per heavy atom. The van der Waals surface area contributed by atoms with Crippen LogP contribution in [-0.4, -0.2) is 36.7 Å². The summed E-state index contributed by atoms with van der Waals surface area (Å²) in [4.78, 5) is 23.7. The van der Waals surface area contributed by atoms with Gasteiger partial charge in [0.05, 0.1) is 10.7 Å². The molecule has 0 atom stereocenters. The van der Waals surface area contributed by atoms with Crippen molar-refractivity contribution < 1.29 is 0 Å². The van der Waals surface area contributed by atoms with Gasteiger partial charge in [0.15, 0.2) is 11.6 Å². The maximum Gasteiger partial charge on any atom is 0.261 e. The number of rotatable bonds is 5. The predicted octanol–water partition coefficient (Wildman–Crippen LogP) is 2.88. The number of H-pyrrole nitrogens is 1. The van der Waals surface area contributed by atoms with Crippen molar-refractivity contribution in [1.82, 2.24) is 24.7 Å². The van der Waals surface area contributed by atoms with Crippen molar-refractivity contribution in [3.8, 4) is 17.1 Å². The number of nitrogens with one attached hydrogen (secondary N) is 1. The molecule has 0 aliphatic heterocycles. The number of aryl methyl sites for hydroxylation is 2. The number of para-hydroxylation sites is 1. The minimum absolute atomic E-state index is 0.250. The third kappa shape index (κ3) is 3.37. The van der Waals surface area contributed by atoms with E-state index >= 15 is 0 Å². The summed E-state index contributed by atoms with van der Waals surface area (Å²) in [5.74, 6) is 2.55. The average molecular weight is 362 g/mol. The van der Waals surface area contributed by atoms with Crippen molar-refractivity contribution in [2.75, 3.05) is 12.0 Å². The molecule has 0 saturated heterocycles. The van der Waals surface area contributed by atoms with Gasteiger partial charge in [0.2, 0.25) is 0 Å². The molecule has 0 spiro atoms. The molecule has 3 aromatic rings. The number of hydrogen-bond acceptors (Lipinski definition) is 5. The maximum atomic E-state index is 12.3. The van der Waals surface area contributed by atoms with Gasteiger partial charge >= 0.3 is 0 Å². The zero-order chi connectivity index (χ0) is 17.1. The van der Waals surface area contributed by atoms with E-state index in [1.807, 2.05) is 24.5 Å². The molecule has 124 valence electrons. The first-order chi connectivity index (χ1) is 11.6. The fourth-order valence-corrected chi connectivity index (χ4v) is 2.87. The number of benzene rings is 1. The number of aromatic amines is 1. The van der Waals surface area contributed by atoms with Crippen LogP contribution in [0.1, 0.15) is 11.6 Å². The number of thioether (sulfide) groups is 1. The van der Waals surface area contributed by atoms with Crippen LogP contribution in [0.4, 0.5) is 0 Å². The summed E-state index contributed by atoms with van der Waals surface area (Å²) in [6.07, 6.45) is 4.26. The van der Waals surface area contributed by atoms with Crippen LogP contribution in [0.3, 0.4) is 0 Å². The van der Waals surface area contributed by atoms with E-state index in [4.69, 9.17) is 11.6 Å². The van der Waals surface area contributed by atoms with Gasteiger partial charge in [-0.3, -0.25) is 4.79 Å². The van der Waals surface area contributed by atoms with Gasteiger partial charge in [0.1, 0.15) is 11.4 Å². The third-order valence-corrected chi connectivity index (χ3v) is 4.36. The van der Waals surface area contributed by atoms with Crippen LogP contribution in [-0.2, 0) is 6.42 Å². The molecule has 0 saturated carbocycles. The van der Waals surface area contributed by atoms with Gasteiger partial charge < -0.3 is 4.98 Å². The third-order valence-electron chi connectivity index (χ3n) is 3.43. The number of nitrogens with zero attached hydrogens (tertiary/aromatic N) is 4. The zero-order valence-corrected chi connectivity index (χ0v) is 14.9. The largest absolute Gasteiger partial charge is 0.310 e. The van der Waals surface area contributed by atoms with Gasteiger partial charge in [-0.25, -0.2) is 14.6 Å². The SMILES string of the molecule is CSCCc1nc(-c2cnc(C)[nH]c2=O)n(-c2ccccc2Cl)n1. The first-order valence-electron chi connectivity index (χ1n) is 7.36. The van der Waals surface area contributed by atoms with E-state index in [-0.39, 0.29) is 5.56 Å². The van der Waals surface area contributed by atoms with E-state index in [2.05, 4.69) is 20.1 Å². The first kappa shape index (κ1) is 16.7. The Bertz CT molecular complexity index is 921. The summed E-state index contributed by atoms with van der Waals surface area (Å²) in [6, 6.07) is 7.33. The smallest absolute Gasteiger partial charge is 0.261 e.